The van der Waals surface area contributed by atoms with E-state index in [4.69, 9.17) is 12.2 Å². The van der Waals surface area contributed by atoms with E-state index < -0.39 is 0 Å². The average Bonchev–Trinajstić information content (AvgIpc) is 3.42. The number of aromatic nitrogens is 4. The minimum atomic E-state index is -0.0557. The molecule has 2 heterocycles. The van der Waals surface area contributed by atoms with Crippen LogP contribution in [0.5, 0.6) is 0 Å². The molecule has 29 heavy (non-hydrogen) atoms. The van der Waals surface area contributed by atoms with Crippen LogP contribution >= 0.6 is 12.2 Å². The maximum Gasteiger partial charge on any atom is 0.240 e. The Kier molecular flexibility index (Phi) is 4.52. The number of hydrogen-bond donors (Lipinski definition) is 2. The van der Waals surface area contributed by atoms with Gasteiger partial charge in [-0.25, -0.2) is 0 Å². The first kappa shape index (κ1) is 17.9. The Morgan fingerprint density at radius 1 is 1.14 bits per heavy atom. The quantitative estimate of drug-likeness (QED) is 0.474. The zero-order valence-electron chi connectivity index (χ0n) is 15.8. The van der Waals surface area contributed by atoms with Crippen LogP contribution in [0.1, 0.15) is 24.7 Å². The van der Waals surface area contributed by atoms with Gasteiger partial charge in [0.2, 0.25) is 5.91 Å². The minimum absolute atomic E-state index is 0.0557. The molecule has 2 N–H and O–H groups in total. The largest absolute Gasteiger partial charge is 0.347 e. The Bertz CT molecular complexity index is 1230. The first-order valence-electron chi connectivity index (χ1n) is 9.77. The van der Waals surface area contributed by atoms with E-state index >= 15 is 0 Å². The maximum absolute atomic E-state index is 12.8. The Hall–Kier alpha value is -3.19. The van der Waals surface area contributed by atoms with Crippen molar-refractivity contribution in [2.24, 2.45) is 0 Å². The SMILES string of the molecule is O=C(Cn1c(-c2ccccc2)cc2ccccc21)NCc1n[nH]c(=S)n1C1CC1. The highest BCUT2D eigenvalue weighted by atomic mass is 32.1. The van der Waals surface area contributed by atoms with Gasteiger partial charge in [0.1, 0.15) is 6.54 Å². The highest BCUT2D eigenvalue weighted by Crippen LogP contribution is 2.35. The summed E-state index contributed by atoms with van der Waals surface area (Å²) in [7, 11) is 0. The molecular formula is C22H21N5OS. The van der Waals surface area contributed by atoms with Crippen molar-refractivity contribution in [3.05, 3.63) is 71.3 Å². The number of aromatic amines is 1. The molecule has 1 aliphatic rings. The van der Waals surface area contributed by atoms with E-state index in [1.807, 2.05) is 41.0 Å². The molecule has 0 atom stereocenters. The molecule has 1 saturated carbocycles. The van der Waals surface area contributed by atoms with E-state index in [2.05, 4.69) is 44.3 Å². The van der Waals surface area contributed by atoms with Crippen LogP contribution in [0, 0.1) is 4.77 Å². The lowest BCUT2D eigenvalue weighted by atomic mass is 10.1. The summed E-state index contributed by atoms with van der Waals surface area (Å²) < 4.78 is 4.72. The Labute approximate surface area is 173 Å². The lowest BCUT2D eigenvalue weighted by Gasteiger charge is -2.12. The second-order valence-electron chi connectivity index (χ2n) is 7.36. The summed E-state index contributed by atoms with van der Waals surface area (Å²) in [6.45, 7) is 0.606. The van der Waals surface area contributed by atoms with Gasteiger partial charge in [-0.1, -0.05) is 48.5 Å². The number of amides is 1. The number of carbonyl (C=O) groups is 1. The highest BCUT2D eigenvalue weighted by Gasteiger charge is 2.27. The van der Waals surface area contributed by atoms with E-state index in [1.54, 1.807) is 0 Å². The molecule has 2 aromatic heterocycles. The molecule has 7 heteroatoms. The topological polar surface area (TPSA) is 67.6 Å². The van der Waals surface area contributed by atoms with Gasteiger partial charge in [0.05, 0.1) is 6.54 Å². The van der Waals surface area contributed by atoms with Crippen molar-refractivity contribution in [2.45, 2.75) is 32.0 Å². The molecule has 0 radical (unpaired) electrons. The van der Waals surface area contributed by atoms with Gasteiger partial charge in [0, 0.05) is 22.6 Å². The summed E-state index contributed by atoms with van der Waals surface area (Å²) in [5.74, 6) is 0.728. The smallest absolute Gasteiger partial charge is 0.240 e. The Morgan fingerprint density at radius 3 is 2.69 bits per heavy atom. The summed E-state index contributed by atoms with van der Waals surface area (Å²) in [5, 5.41) is 11.3. The fourth-order valence-electron chi connectivity index (χ4n) is 3.78. The number of H-pyrrole nitrogens is 1. The molecule has 0 aliphatic heterocycles. The van der Waals surface area contributed by atoms with Gasteiger partial charge in [-0.2, -0.15) is 5.10 Å². The molecule has 0 spiro atoms. The molecule has 6 nitrogen and oxygen atoms in total. The van der Waals surface area contributed by atoms with E-state index in [1.165, 1.54) is 0 Å². The predicted molar refractivity (Wildman–Crippen MR) is 115 cm³/mol. The van der Waals surface area contributed by atoms with Gasteiger partial charge in [0.25, 0.3) is 0 Å². The van der Waals surface area contributed by atoms with E-state index in [0.29, 0.717) is 17.4 Å². The number of carbonyl (C=O) groups excluding carboxylic acids is 1. The zero-order valence-corrected chi connectivity index (χ0v) is 16.7. The van der Waals surface area contributed by atoms with Crippen LogP contribution in [0.4, 0.5) is 0 Å². The molecule has 146 valence electrons. The molecule has 1 fully saturated rings. The van der Waals surface area contributed by atoms with E-state index in [0.717, 1.165) is 40.8 Å². The number of nitrogens with one attached hydrogen (secondary N) is 2. The van der Waals surface area contributed by atoms with Crippen molar-refractivity contribution in [2.75, 3.05) is 0 Å². The molecule has 4 aromatic rings. The van der Waals surface area contributed by atoms with Crippen LogP contribution in [-0.2, 0) is 17.9 Å². The minimum Gasteiger partial charge on any atom is -0.347 e. The molecular weight excluding hydrogens is 382 g/mol. The highest BCUT2D eigenvalue weighted by molar-refractivity contribution is 7.71. The van der Waals surface area contributed by atoms with Crippen LogP contribution in [0.15, 0.2) is 60.7 Å². The average molecular weight is 404 g/mol. The van der Waals surface area contributed by atoms with Gasteiger partial charge in [-0.05, 0) is 42.8 Å². The monoisotopic (exact) mass is 403 g/mol. The first-order valence-corrected chi connectivity index (χ1v) is 10.2. The summed E-state index contributed by atoms with van der Waals surface area (Å²) >= 11 is 5.31. The predicted octanol–water partition coefficient (Wildman–Crippen LogP) is 4.21. The molecule has 0 unspecified atom stereocenters. The molecule has 2 aromatic carbocycles. The lowest BCUT2D eigenvalue weighted by molar-refractivity contribution is -0.121. The van der Waals surface area contributed by atoms with Gasteiger partial charge < -0.3 is 9.88 Å². The van der Waals surface area contributed by atoms with Crippen LogP contribution < -0.4 is 5.32 Å². The zero-order chi connectivity index (χ0) is 19.8. The number of rotatable bonds is 6. The van der Waals surface area contributed by atoms with E-state index in [-0.39, 0.29) is 12.5 Å². The number of benzene rings is 2. The van der Waals surface area contributed by atoms with Crippen LogP contribution in [0.25, 0.3) is 22.2 Å². The normalized spacial score (nSPS) is 13.7. The summed E-state index contributed by atoms with van der Waals surface area (Å²) in [4.78, 5) is 12.8. The standard InChI is InChI=1S/C22H21N5OS/c28-21(23-13-20-24-25-22(29)27(20)17-10-11-17)14-26-18-9-5-4-8-16(18)12-19(26)15-6-2-1-3-7-15/h1-9,12,17H,10-11,13-14H2,(H,23,28)(H,25,29). The Morgan fingerprint density at radius 2 is 1.90 bits per heavy atom. The van der Waals surface area contributed by atoms with Crippen molar-refractivity contribution in [1.82, 2.24) is 24.6 Å². The second-order valence-corrected chi connectivity index (χ2v) is 7.75. The molecule has 1 amide bonds. The van der Waals surface area contributed by atoms with Crippen molar-refractivity contribution < 1.29 is 4.79 Å². The third-order valence-electron chi connectivity index (χ3n) is 5.32. The first-order chi connectivity index (χ1) is 14.2. The van der Waals surface area contributed by atoms with Gasteiger partial charge in [-0.15, -0.1) is 0 Å². The second kappa shape index (κ2) is 7.33. The summed E-state index contributed by atoms with van der Waals surface area (Å²) in [6.07, 6.45) is 2.23. The molecule has 5 rings (SSSR count). The van der Waals surface area contributed by atoms with Crippen molar-refractivity contribution in [1.29, 1.82) is 0 Å². The van der Waals surface area contributed by atoms with E-state index in [9.17, 15) is 4.79 Å². The van der Waals surface area contributed by atoms with Crippen LogP contribution in [0.2, 0.25) is 0 Å². The lowest BCUT2D eigenvalue weighted by Crippen LogP contribution is -2.28. The van der Waals surface area contributed by atoms with Crippen LogP contribution in [-0.4, -0.2) is 25.2 Å². The summed E-state index contributed by atoms with van der Waals surface area (Å²) in [6, 6.07) is 20.8. The summed E-state index contributed by atoms with van der Waals surface area (Å²) in [5.41, 5.74) is 3.16. The van der Waals surface area contributed by atoms with Gasteiger partial charge in [-0.3, -0.25) is 14.5 Å². The fraction of sp³-hybridized carbons (Fsp3) is 0.227. The third kappa shape index (κ3) is 3.49. The van der Waals surface area contributed by atoms with Gasteiger partial charge in [0.15, 0.2) is 10.6 Å². The number of nitrogens with zero attached hydrogens (tertiary/aromatic N) is 3. The fourth-order valence-corrected chi connectivity index (χ4v) is 4.08. The van der Waals surface area contributed by atoms with Crippen molar-refractivity contribution in [3.8, 4) is 11.3 Å². The van der Waals surface area contributed by atoms with Crippen molar-refractivity contribution in [3.63, 3.8) is 0 Å². The number of fused-ring (bicyclic) bond motifs is 1. The van der Waals surface area contributed by atoms with Gasteiger partial charge >= 0.3 is 0 Å². The maximum atomic E-state index is 12.8. The van der Waals surface area contributed by atoms with Crippen molar-refractivity contribution >= 4 is 29.0 Å². The molecule has 1 aliphatic carbocycles. The van der Waals surface area contributed by atoms with Crippen LogP contribution in [0.3, 0.4) is 0 Å². The third-order valence-corrected chi connectivity index (χ3v) is 5.60. The number of para-hydroxylation sites is 1. The molecule has 0 bridgehead atoms. The molecule has 0 saturated heterocycles. The Balaban J connectivity index is 1.40. The number of hydrogen-bond acceptors (Lipinski definition) is 3.